The minimum Gasteiger partial charge on any atom is -0.456 e. The van der Waals surface area contributed by atoms with Crippen molar-refractivity contribution in [3.8, 4) is 0 Å². The first-order chi connectivity index (χ1) is 13.9. The van der Waals surface area contributed by atoms with Gasteiger partial charge in [0.15, 0.2) is 0 Å². The Morgan fingerprint density at radius 3 is 1.34 bits per heavy atom. The molecular formula is C24H38O5. The van der Waals surface area contributed by atoms with E-state index in [1.54, 1.807) is 0 Å². The summed E-state index contributed by atoms with van der Waals surface area (Å²) >= 11 is 0. The molecule has 2 aliphatic rings. The van der Waals surface area contributed by atoms with Crippen molar-refractivity contribution >= 4 is 11.9 Å². The third-order valence-corrected chi connectivity index (χ3v) is 6.57. The summed E-state index contributed by atoms with van der Waals surface area (Å²) in [5, 5.41) is 0. The summed E-state index contributed by atoms with van der Waals surface area (Å²) < 4.78 is 17.1. The molecule has 0 unspecified atom stereocenters. The predicted molar refractivity (Wildman–Crippen MR) is 113 cm³/mol. The van der Waals surface area contributed by atoms with Gasteiger partial charge in [0.1, 0.15) is 11.2 Å². The normalized spacial score (nSPS) is 20.5. The minimum absolute atomic E-state index is 0.0177. The SMILES string of the molecule is C=C(COCC(=C)C(=O)OC1(CC)CCCCC1)C(=O)OC1(CC)CCCCC1. The van der Waals surface area contributed by atoms with E-state index in [0.29, 0.717) is 0 Å². The van der Waals surface area contributed by atoms with Crippen LogP contribution in [0.5, 0.6) is 0 Å². The van der Waals surface area contributed by atoms with E-state index in [0.717, 1.165) is 64.2 Å². The zero-order valence-corrected chi connectivity index (χ0v) is 18.4. The van der Waals surface area contributed by atoms with Crippen molar-refractivity contribution in [1.82, 2.24) is 0 Å². The fourth-order valence-electron chi connectivity index (χ4n) is 4.40. The van der Waals surface area contributed by atoms with Crippen LogP contribution in [0, 0.1) is 0 Å². The Bertz CT molecular complexity index is 542. The topological polar surface area (TPSA) is 61.8 Å². The summed E-state index contributed by atoms with van der Waals surface area (Å²) in [7, 11) is 0. The zero-order chi connectivity index (χ0) is 21.3. The second-order valence-corrected chi connectivity index (χ2v) is 8.67. The van der Waals surface area contributed by atoms with Gasteiger partial charge in [-0.2, -0.15) is 0 Å². The number of ether oxygens (including phenoxy) is 3. The van der Waals surface area contributed by atoms with Crippen molar-refractivity contribution in [2.24, 2.45) is 0 Å². The molecule has 2 rings (SSSR count). The number of carbonyl (C=O) groups is 2. The molecule has 0 heterocycles. The van der Waals surface area contributed by atoms with Crippen molar-refractivity contribution in [3.05, 3.63) is 24.3 Å². The second-order valence-electron chi connectivity index (χ2n) is 8.67. The summed E-state index contributed by atoms with van der Waals surface area (Å²) in [6, 6.07) is 0. The molecular weight excluding hydrogens is 368 g/mol. The van der Waals surface area contributed by atoms with E-state index in [2.05, 4.69) is 27.0 Å². The van der Waals surface area contributed by atoms with E-state index < -0.39 is 11.9 Å². The molecule has 0 N–H and O–H groups in total. The molecule has 5 heteroatoms. The van der Waals surface area contributed by atoms with Gasteiger partial charge in [-0.15, -0.1) is 0 Å². The Hall–Kier alpha value is -1.62. The van der Waals surface area contributed by atoms with Crippen molar-refractivity contribution < 1.29 is 23.8 Å². The summed E-state index contributed by atoms with van der Waals surface area (Å²) in [6.07, 6.45) is 12.0. The fraction of sp³-hybridized carbons (Fsp3) is 0.750. The molecule has 0 aromatic rings. The van der Waals surface area contributed by atoms with E-state index >= 15 is 0 Å². The molecule has 0 atom stereocenters. The Morgan fingerprint density at radius 1 is 0.690 bits per heavy atom. The van der Waals surface area contributed by atoms with Gasteiger partial charge in [0, 0.05) is 0 Å². The molecule has 2 aliphatic carbocycles. The van der Waals surface area contributed by atoms with E-state index in [9.17, 15) is 9.59 Å². The number of hydrogen-bond acceptors (Lipinski definition) is 5. The van der Waals surface area contributed by atoms with Crippen molar-refractivity contribution in [3.63, 3.8) is 0 Å². The van der Waals surface area contributed by atoms with E-state index in [-0.39, 0.29) is 35.6 Å². The van der Waals surface area contributed by atoms with Crippen LogP contribution in [-0.4, -0.2) is 36.4 Å². The molecule has 0 bridgehead atoms. The van der Waals surface area contributed by atoms with Crippen LogP contribution in [0.3, 0.4) is 0 Å². The fourth-order valence-corrected chi connectivity index (χ4v) is 4.40. The largest absolute Gasteiger partial charge is 0.456 e. The average Bonchev–Trinajstić information content (AvgIpc) is 2.74. The lowest BCUT2D eigenvalue weighted by molar-refractivity contribution is -0.159. The van der Waals surface area contributed by atoms with E-state index in [1.165, 1.54) is 12.8 Å². The number of esters is 2. The Morgan fingerprint density at radius 2 is 1.03 bits per heavy atom. The molecule has 0 amide bonds. The van der Waals surface area contributed by atoms with Crippen LogP contribution in [0.25, 0.3) is 0 Å². The molecule has 29 heavy (non-hydrogen) atoms. The van der Waals surface area contributed by atoms with Crippen LogP contribution in [0.1, 0.15) is 90.9 Å². The molecule has 0 spiro atoms. The van der Waals surface area contributed by atoms with Crippen LogP contribution in [0.15, 0.2) is 24.3 Å². The number of hydrogen-bond donors (Lipinski definition) is 0. The van der Waals surface area contributed by atoms with Gasteiger partial charge >= 0.3 is 11.9 Å². The highest BCUT2D eigenvalue weighted by Crippen LogP contribution is 2.36. The lowest BCUT2D eigenvalue weighted by atomic mass is 9.82. The van der Waals surface area contributed by atoms with E-state index in [4.69, 9.17) is 14.2 Å². The average molecular weight is 407 g/mol. The second kappa shape index (κ2) is 11.0. The van der Waals surface area contributed by atoms with Gasteiger partial charge in [0.2, 0.25) is 0 Å². The lowest BCUT2D eigenvalue weighted by Gasteiger charge is -2.36. The molecule has 0 aromatic carbocycles. The number of rotatable bonds is 10. The maximum absolute atomic E-state index is 12.4. The van der Waals surface area contributed by atoms with Crippen LogP contribution >= 0.6 is 0 Å². The predicted octanol–water partition coefficient (Wildman–Crippen LogP) is 5.43. The molecule has 2 fully saturated rings. The van der Waals surface area contributed by atoms with E-state index in [1.807, 2.05) is 0 Å². The smallest absolute Gasteiger partial charge is 0.336 e. The van der Waals surface area contributed by atoms with Crippen molar-refractivity contribution in [2.45, 2.75) is 102 Å². The first-order valence-corrected chi connectivity index (χ1v) is 11.3. The van der Waals surface area contributed by atoms with Gasteiger partial charge in [-0.25, -0.2) is 9.59 Å². The highest BCUT2D eigenvalue weighted by Gasteiger charge is 2.35. The zero-order valence-electron chi connectivity index (χ0n) is 18.4. The summed E-state index contributed by atoms with van der Waals surface area (Å²) in [6.45, 7) is 11.8. The van der Waals surface area contributed by atoms with Gasteiger partial charge in [0.25, 0.3) is 0 Å². The Kier molecular flexibility index (Phi) is 8.94. The summed E-state index contributed by atoms with van der Waals surface area (Å²) in [5.41, 5.74) is -0.191. The third-order valence-electron chi connectivity index (χ3n) is 6.57. The monoisotopic (exact) mass is 406 g/mol. The van der Waals surface area contributed by atoms with Gasteiger partial charge in [-0.05, 0) is 64.2 Å². The standard InChI is InChI=1S/C24H38O5/c1-5-23(13-9-7-10-14-23)28-21(25)19(3)17-27-18-20(4)22(26)29-24(6-2)15-11-8-12-16-24/h3-18H2,1-2H3. The lowest BCUT2D eigenvalue weighted by Crippen LogP contribution is -2.37. The first-order valence-electron chi connectivity index (χ1n) is 11.3. The van der Waals surface area contributed by atoms with Crippen LogP contribution < -0.4 is 0 Å². The maximum atomic E-state index is 12.4. The first kappa shape index (κ1) is 23.7. The molecule has 164 valence electrons. The highest BCUT2D eigenvalue weighted by atomic mass is 16.6. The molecule has 0 radical (unpaired) electrons. The van der Waals surface area contributed by atoms with Crippen LogP contribution in [0.2, 0.25) is 0 Å². The van der Waals surface area contributed by atoms with Crippen molar-refractivity contribution in [2.75, 3.05) is 13.2 Å². The summed E-state index contributed by atoms with van der Waals surface area (Å²) in [5.74, 6) is -0.817. The molecule has 0 aliphatic heterocycles. The molecule has 5 nitrogen and oxygen atoms in total. The summed E-state index contributed by atoms with van der Waals surface area (Å²) in [4.78, 5) is 24.8. The van der Waals surface area contributed by atoms with Gasteiger partial charge in [-0.3, -0.25) is 0 Å². The van der Waals surface area contributed by atoms with Gasteiger partial charge in [-0.1, -0.05) is 39.8 Å². The van der Waals surface area contributed by atoms with Crippen LogP contribution in [-0.2, 0) is 23.8 Å². The van der Waals surface area contributed by atoms with Gasteiger partial charge < -0.3 is 14.2 Å². The van der Waals surface area contributed by atoms with Crippen LogP contribution in [0.4, 0.5) is 0 Å². The molecule has 0 saturated heterocycles. The highest BCUT2D eigenvalue weighted by molar-refractivity contribution is 5.89. The number of carbonyl (C=O) groups excluding carboxylic acids is 2. The third kappa shape index (κ3) is 6.70. The van der Waals surface area contributed by atoms with Gasteiger partial charge in [0.05, 0.1) is 24.4 Å². The Labute approximate surface area is 175 Å². The maximum Gasteiger partial charge on any atom is 0.336 e. The minimum atomic E-state index is -0.408. The molecule has 0 aromatic heterocycles. The Balaban J connectivity index is 1.74. The van der Waals surface area contributed by atoms with Crippen molar-refractivity contribution in [1.29, 1.82) is 0 Å². The molecule has 2 saturated carbocycles. The quantitative estimate of drug-likeness (QED) is 0.358.